The third-order valence-corrected chi connectivity index (χ3v) is 5.70. The molecule has 0 spiro atoms. The highest BCUT2D eigenvalue weighted by Gasteiger charge is 2.22. The van der Waals surface area contributed by atoms with E-state index in [-0.39, 0.29) is 17.1 Å². The molecule has 8 nitrogen and oxygen atoms in total. The Morgan fingerprint density at radius 2 is 1.43 bits per heavy atom. The number of nitrogens with one attached hydrogen (secondary N) is 1. The van der Waals surface area contributed by atoms with Gasteiger partial charge in [0, 0.05) is 28.3 Å². The number of anilines is 1. The molecule has 0 bridgehead atoms. The second-order valence-electron chi connectivity index (χ2n) is 7.66. The Morgan fingerprint density at radius 1 is 0.771 bits per heavy atom. The summed E-state index contributed by atoms with van der Waals surface area (Å²) in [6.45, 7) is 1.82. The average Bonchev–Trinajstić information content (AvgIpc) is 3.22. The van der Waals surface area contributed by atoms with Crippen LogP contribution in [0, 0.1) is 6.92 Å². The van der Waals surface area contributed by atoms with Gasteiger partial charge in [-0.05, 0) is 49.4 Å². The maximum absolute atomic E-state index is 13.2. The van der Waals surface area contributed by atoms with Gasteiger partial charge in [0.1, 0.15) is 22.6 Å². The van der Waals surface area contributed by atoms with E-state index >= 15 is 0 Å². The third kappa shape index (κ3) is 4.38. The first-order valence-electron chi connectivity index (χ1n) is 10.7. The van der Waals surface area contributed by atoms with Crippen molar-refractivity contribution in [1.29, 1.82) is 0 Å². The second kappa shape index (κ2) is 9.80. The highest BCUT2D eigenvalue weighted by atomic mass is 16.5. The van der Waals surface area contributed by atoms with Gasteiger partial charge < -0.3 is 28.7 Å². The van der Waals surface area contributed by atoms with Crippen molar-refractivity contribution in [3.8, 4) is 23.0 Å². The van der Waals surface area contributed by atoms with Gasteiger partial charge in [0.25, 0.3) is 5.91 Å². The Hall–Kier alpha value is -4.46. The van der Waals surface area contributed by atoms with Crippen LogP contribution in [-0.2, 0) is 0 Å². The molecule has 0 atom stereocenters. The Morgan fingerprint density at radius 3 is 2.06 bits per heavy atom. The van der Waals surface area contributed by atoms with E-state index in [0.717, 1.165) is 5.39 Å². The molecule has 0 aliphatic rings. The number of aryl methyl sites for hydroxylation is 1. The number of carbonyl (C=O) groups excluding carboxylic acids is 2. The standard InChI is InChI=1S/C27H25NO7/c1-15-18-11-10-17(28-27(30)24-20(32-3)7-6-8-21(24)33-4)14-22(18)35-26(15)25(29)16-9-12-19(31-2)23(13-16)34-5/h6-14H,1-5H3,(H,28,30). The number of methoxy groups -OCH3 is 4. The second-order valence-corrected chi connectivity index (χ2v) is 7.66. The number of ketones is 1. The van der Waals surface area contributed by atoms with E-state index in [1.54, 1.807) is 54.6 Å². The minimum Gasteiger partial charge on any atom is -0.496 e. The van der Waals surface area contributed by atoms with Crippen LogP contribution in [0.1, 0.15) is 32.0 Å². The van der Waals surface area contributed by atoms with Crippen molar-refractivity contribution in [2.24, 2.45) is 0 Å². The lowest BCUT2D eigenvalue weighted by molar-refractivity contribution is 0.100. The zero-order valence-corrected chi connectivity index (χ0v) is 20.1. The van der Waals surface area contributed by atoms with E-state index in [1.807, 2.05) is 6.92 Å². The highest BCUT2D eigenvalue weighted by molar-refractivity contribution is 6.12. The van der Waals surface area contributed by atoms with Crippen molar-refractivity contribution < 1.29 is 33.0 Å². The van der Waals surface area contributed by atoms with Crippen LogP contribution >= 0.6 is 0 Å². The van der Waals surface area contributed by atoms with Crippen LogP contribution < -0.4 is 24.3 Å². The van der Waals surface area contributed by atoms with Crippen molar-refractivity contribution in [2.45, 2.75) is 6.92 Å². The Labute approximate surface area is 202 Å². The zero-order chi connectivity index (χ0) is 25.1. The quantitative estimate of drug-likeness (QED) is 0.347. The number of amides is 1. The lowest BCUT2D eigenvalue weighted by atomic mass is 10.0. The van der Waals surface area contributed by atoms with E-state index in [1.165, 1.54) is 28.4 Å². The number of carbonyl (C=O) groups is 2. The Balaban J connectivity index is 1.66. The van der Waals surface area contributed by atoms with E-state index < -0.39 is 5.91 Å². The smallest absolute Gasteiger partial charge is 0.263 e. The van der Waals surface area contributed by atoms with Crippen LogP contribution in [0.25, 0.3) is 11.0 Å². The van der Waals surface area contributed by atoms with Gasteiger partial charge in [0.15, 0.2) is 17.3 Å². The summed E-state index contributed by atoms with van der Waals surface area (Å²) in [7, 11) is 6.01. The van der Waals surface area contributed by atoms with Crippen molar-refractivity contribution in [3.63, 3.8) is 0 Å². The van der Waals surface area contributed by atoms with Crippen LogP contribution in [0.4, 0.5) is 5.69 Å². The van der Waals surface area contributed by atoms with Crippen LogP contribution in [0.15, 0.2) is 59.0 Å². The van der Waals surface area contributed by atoms with Gasteiger partial charge in [-0.15, -0.1) is 0 Å². The lowest BCUT2D eigenvalue weighted by Crippen LogP contribution is -2.14. The molecular formula is C27H25NO7. The summed E-state index contributed by atoms with van der Waals surface area (Å²) < 4.78 is 27.1. The molecule has 0 radical (unpaired) electrons. The van der Waals surface area contributed by atoms with E-state index in [9.17, 15) is 9.59 Å². The van der Waals surface area contributed by atoms with Gasteiger partial charge in [0.2, 0.25) is 5.78 Å². The predicted octanol–water partition coefficient (Wildman–Crippen LogP) is 5.26. The van der Waals surface area contributed by atoms with Gasteiger partial charge in [0.05, 0.1) is 28.4 Å². The van der Waals surface area contributed by atoms with Gasteiger partial charge >= 0.3 is 0 Å². The maximum Gasteiger partial charge on any atom is 0.263 e. The normalized spacial score (nSPS) is 10.7. The van der Waals surface area contributed by atoms with Gasteiger partial charge in [-0.3, -0.25) is 9.59 Å². The molecule has 8 heteroatoms. The molecule has 0 aliphatic heterocycles. The summed E-state index contributed by atoms with van der Waals surface area (Å²) in [4.78, 5) is 26.2. The van der Waals surface area contributed by atoms with Crippen molar-refractivity contribution in [3.05, 3.63) is 77.0 Å². The molecule has 1 aromatic heterocycles. The van der Waals surface area contributed by atoms with E-state index in [0.29, 0.717) is 45.4 Å². The van der Waals surface area contributed by atoms with Crippen LogP contribution in [0.5, 0.6) is 23.0 Å². The minimum atomic E-state index is -0.399. The summed E-state index contributed by atoms with van der Waals surface area (Å²) in [5.74, 6) is 1.27. The van der Waals surface area contributed by atoms with Crippen LogP contribution in [0.2, 0.25) is 0 Å². The molecule has 4 aromatic rings. The van der Waals surface area contributed by atoms with Gasteiger partial charge in [-0.25, -0.2) is 0 Å². The number of hydrogen-bond acceptors (Lipinski definition) is 7. The third-order valence-electron chi connectivity index (χ3n) is 5.70. The summed E-state index contributed by atoms with van der Waals surface area (Å²) in [5, 5.41) is 3.61. The average molecular weight is 475 g/mol. The first kappa shape index (κ1) is 23.7. The molecule has 0 aliphatic carbocycles. The molecule has 0 unspecified atom stereocenters. The Kier molecular flexibility index (Phi) is 6.64. The SMILES string of the molecule is COc1ccc(C(=O)c2oc3cc(NC(=O)c4c(OC)cccc4OC)ccc3c2C)cc1OC. The fourth-order valence-corrected chi connectivity index (χ4v) is 3.90. The summed E-state index contributed by atoms with van der Waals surface area (Å²) in [5.41, 5.74) is 2.34. The Bertz CT molecular complexity index is 1400. The molecule has 1 amide bonds. The van der Waals surface area contributed by atoms with Crippen molar-refractivity contribution in [2.75, 3.05) is 33.8 Å². The van der Waals surface area contributed by atoms with Crippen LogP contribution in [0.3, 0.4) is 0 Å². The molecule has 180 valence electrons. The van der Waals surface area contributed by atoms with E-state index in [4.69, 9.17) is 23.4 Å². The number of hydrogen-bond donors (Lipinski definition) is 1. The number of rotatable bonds is 8. The fourth-order valence-electron chi connectivity index (χ4n) is 3.90. The summed E-state index contributed by atoms with van der Waals surface area (Å²) >= 11 is 0. The van der Waals surface area contributed by atoms with Crippen molar-refractivity contribution in [1.82, 2.24) is 0 Å². The first-order chi connectivity index (χ1) is 16.9. The topological polar surface area (TPSA) is 96.2 Å². The number of benzene rings is 3. The molecule has 3 aromatic carbocycles. The lowest BCUT2D eigenvalue weighted by Gasteiger charge is -2.13. The van der Waals surface area contributed by atoms with Crippen LogP contribution in [-0.4, -0.2) is 40.1 Å². The maximum atomic E-state index is 13.2. The van der Waals surface area contributed by atoms with Gasteiger partial charge in [-0.1, -0.05) is 6.07 Å². The predicted molar refractivity (Wildman–Crippen MR) is 131 cm³/mol. The number of fused-ring (bicyclic) bond motifs is 1. The fraction of sp³-hybridized carbons (Fsp3) is 0.185. The monoisotopic (exact) mass is 475 g/mol. The molecular weight excluding hydrogens is 450 g/mol. The molecule has 4 rings (SSSR count). The van der Waals surface area contributed by atoms with E-state index in [2.05, 4.69) is 5.32 Å². The molecule has 35 heavy (non-hydrogen) atoms. The molecule has 1 N–H and O–H groups in total. The summed E-state index contributed by atoms with van der Waals surface area (Å²) in [6, 6.07) is 15.3. The number of ether oxygens (including phenoxy) is 4. The highest BCUT2D eigenvalue weighted by Crippen LogP contribution is 2.33. The molecule has 1 heterocycles. The van der Waals surface area contributed by atoms with Gasteiger partial charge in [-0.2, -0.15) is 0 Å². The zero-order valence-electron chi connectivity index (χ0n) is 20.1. The summed E-state index contributed by atoms with van der Waals surface area (Å²) in [6.07, 6.45) is 0. The molecule has 0 saturated carbocycles. The molecule has 0 saturated heterocycles. The number of furan rings is 1. The first-order valence-corrected chi connectivity index (χ1v) is 10.7. The van der Waals surface area contributed by atoms with Crippen molar-refractivity contribution >= 4 is 28.3 Å². The largest absolute Gasteiger partial charge is 0.496 e. The molecule has 0 fully saturated rings. The minimum absolute atomic E-state index is 0.210.